The number of imidazole rings is 1. The molecule has 0 radical (unpaired) electrons. The lowest BCUT2D eigenvalue weighted by Crippen LogP contribution is -2.14. The number of rotatable bonds is 4. The van der Waals surface area contributed by atoms with Gasteiger partial charge in [-0.25, -0.2) is 9.97 Å². The van der Waals surface area contributed by atoms with Crippen molar-refractivity contribution in [1.29, 1.82) is 0 Å². The summed E-state index contributed by atoms with van der Waals surface area (Å²) in [5, 5.41) is 10.8. The molecular formula is C15H19N5OS. The number of anilines is 1. The van der Waals surface area contributed by atoms with E-state index in [9.17, 15) is 5.11 Å². The molecule has 2 atom stereocenters. The van der Waals surface area contributed by atoms with Crippen LogP contribution >= 0.6 is 11.8 Å². The topological polar surface area (TPSA) is 89.8 Å². The van der Waals surface area contributed by atoms with Crippen LogP contribution in [0, 0.1) is 5.92 Å². The van der Waals surface area contributed by atoms with Crippen LogP contribution in [0.25, 0.3) is 11.2 Å². The van der Waals surface area contributed by atoms with Gasteiger partial charge in [-0.2, -0.15) is 4.98 Å². The van der Waals surface area contributed by atoms with Crippen molar-refractivity contribution in [1.82, 2.24) is 19.5 Å². The largest absolute Gasteiger partial charge is 0.396 e. The van der Waals surface area contributed by atoms with Gasteiger partial charge in [0.15, 0.2) is 5.65 Å². The predicted molar refractivity (Wildman–Crippen MR) is 86.6 cm³/mol. The van der Waals surface area contributed by atoms with Gasteiger partial charge in [-0.3, -0.25) is 0 Å². The second kappa shape index (κ2) is 5.55. The number of nitrogens with two attached hydrogens (primary N) is 1. The van der Waals surface area contributed by atoms with Gasteiger partial charge < -0.3 is 15.4 Å². The lowest BCUT2D eigenvalue weighted by molar-refractivity contribution is 0.244. The fourth-order valence-corrected chi connectivity index (χ4v) is 4.26. The highest BCUT2D eigenvalue weighted by molar-refractivity contribution is 8.00. The molecule has 2 aromatic heterocycles. The van der Waals surface area contributed by atoms with E-state index in [1.54, 1.807) is 11.8 Å². The van der Waals surface area contributed by atoms with Gasteiger partial charge in [-0.15, -0.1) is 11.8 Å². The second-order valence-corrected chi connectivity index (χ2v) is 7.30. The Morgan fingerprint density at radius 2 is 2.18 bits per heavy atom. The van der Waals surface area contributed by atoms with Crippen LogP contribution in [-0.4, -0.2) is 36.5 Å². The smallest absolute Gasteiger partial charge is 0.223 e. The number of allylic oxidation sites excluding steroid dienone is 1. The van der Waals surface area contributed by atoms with E-state index in [2.05, 4.69) is 27.1 Å². The molecule has 0 saturated heterocycles. The lowest BCUT2D eigenvalue weighted by Gasteiger charge is -2.24. The van der Waals surface area contributed by atoms with E-state index in [1.165, 1.54) is 19.3 Å². The number of aromatic nitrogens is 4. The molecule has 2 heterocycles. The van der Waals surface area contributed by atoms with E-state index in [-0.39, 0.29) is 18.6 Å². The van der Waals surface area contributed by atoms with Gasteiger partial charge in [-0.05, 0) is 19.3 Å². The molecule has 0 bridgehead atoms. The van der Waals surface area contributed by atoms with E-state index in [4.69, 9.17) is 5.73 Å². The Morgan fingerprint density at radius 3 is 2.86 bits per heavy atom. The number of hydrogen-bond donors (Lipinski definition) is 2. The maximum Gasteiger partial charge on any atom is 0.223 e. The normalized spacial score (nSPS) is 25.0. The molecule has 2 aliphatic rings. The number of hydrogen-bond acceptors (Lipinski definition) is 6. The third-order valence-corrected chi connectivity index (χ3v) is 5.79. The molecule has 1 fully saturated rings. The minimum absolute atomic E-state index is 0.179. The summed E-state index contributed by atoms with van der Waals surface area (Å²) in [6.45, 7) is 0.180. The average molecular weight is 317 g/mol. The zero-order valence-electron chi connectivity index (χ0n) is 12.2. The van der Waals surface area contributed by atoms with Crippen molar-refractivity contribution in [2.24, 2.45) is 5.92 Å². The predicted octanol–water partition coefficient (Wildman–Crippen LogP) is 2.16. The van der Waals surface area contributed by atoms with Crippen molar-refractivity contribution < 1.29 is 5.11 Å². The number of thioether (sulfide) groups is 1. The van der Waals surface area contributed by atoms with E-state index in [0.29, 0.717) is 11.2 Å². The highest BCUT2D eigenvalue weighted by atomic mass is 32.2. The molecule has 0 amide bonds. The highest BCUT2D eigenvalue weighted by Gasteiger charge is 2.25. The fourth-order valence-electron chi connectivity index (χ4n) is 2.97. The number of fused-ring (bicyclic) bond motifs is 1. The maximum atomic E-state index is 9.29. The number of nitrogens with zero attached hydrogens (tertiary/aromatic N) is 4. The van der Waals surface area contributed by atoms with Crippen LogP contribution in [0.3, 0.4) is 0 Å². The molecule has 0 unspecified atom stereocenters. The fraction of sp³-hybridized carbons (Fsp3) is 0.533. The second-order valence-electron chi connectivity index (χ2n) is 6.01. The maximum absolute atomic E-state index is 9.29. The lowest BCUT2D eigenvalue weighted by atomic mass is 10.0. The molecular weight excluding hydrogens is 298 g/mol. The number of aliphatic hydroxyl groups is 1. The van der Waals surface area contributed by atoms with E-state index < -0.39 is 0 Å². The van der Waals surface area contributed by atoms with Gasteiger partial charge in [0.1, 0.15) is 10.5 Å². The van der Waals surface area contributed by atoms with Crippen molar-refractivity contribution in [2.75, 3.05) is 12.3 Å². The van der Waals surface area contributed by atoms with Crippen LogP contribution in [0.5, 0.6) is 0 Å². The van der Waals surface area contributed by atoms with Gasteiger partial charge in [0.25, 0.3) is 0 Å². The third kappa shape index (κ3) is 2.38. The summed E-state index contributed by atoms with van der Waals surface area (Å²) in [5.74, 6) is 0.516. The van der Waals surface area contributed by atoms with Crippen molar-refractivity contribution in [2.45, 2.75) is 42.0 Å². The Morgan fingerprint density at radius 1 is 1.32 bits per heavy atom. The molecule has 4 rings (SSSR count). The molecule has 3 N–H and O–H groups in total. The van der Waals surface area contributed by atoms with Crippen molar-refractivity contribution in [3.05, 3.63) is 18.5 Å². The van der Waals surface area contributed by atoms with E-state index in [1.807, 2.05) is 10.9 Å². The monoisotopic (exact) mass is 317 g/mol. The summed E-state index contributed by atoms with van der Waals surface area (Å²) in [7, 11) is 0. The summed E-state index contributed by atoms with van der Waals surface area (Å²) < 4.78 is 2.05. The molecule has 7 heteroatoms. The molecule has 0 spiro atoms. The summed E-state index contributed by atoms with van der Waals surface area (Å²) >= 11 is 1.77. The van der Waals surface area contributed by atoms with Gasteiger partial charge in [0.05, 0.1) is 12.4 Å². The van der Waals surface area contributed by atoms with Crippen LogP contribution in [0.2, 0.25) is 0 Å². The molecule has 1 saturated carbocycles. The molecule has 0 aromatic carbocycles. The Labute approximate surface area is 132 Å². The Kier molecular flexibility index (Phi) is 3.54. The summed E-state index contributed by atoms with van der Waals surface area (Å²) in [6.07, 6.45) is 10.6. The van der Waals surface area contributed by atoms with Crippen molar-refractivity contribution in [3.63, 3.8) is 0 Å². The molecule has 22 heavy (non-hydrogen) atoms. The van der Waals surface area contributed by atoms with Crippen molar-refractivity contribution in [3.8, 4) is 0 Å². The van der Waals surface area contributed by atoms with E-state index >= 15 is 0 Å². The number of aliphatic hydroxyl groups excluding tert-OH is 1. The minimum Gasteiger partial charge on any atom is -0.396 e. The molecule has 2 aromatic rings. The first-order chi connectivity index (χ1) is 10.7. The molecule has 6 nitrogen and oxygen atoms in total. The summed E-state index contributed by atoms with van der Waals surface area (Å²) in [6, 6.07) is 0.179. The van der Waals surface area contributed by atoms with Gasteiger partial charge in [-0.1, -0.05) is 18.6 Å². The van der Waals surface area contributed by atoms with Crippen LogP contribution in [0.4, 0.5) is 5.95 Å². The van der Waals surface area contributed by atoms with E-state index in [0.717, 1.165) is 22.6 Å². The van der Waals surface area contributed by atoms with Crippen LogP contribution in [0.15, 0.2) is 23.5 Å². The number of nitrogen functional groups attached to an aromatic ring is 1. The molecule has 2 aliphatic carbocycles. The van der Waals surface area contributed by atoms with Gasteiger partial charge in [0, 0.05) is 17.8 Å². The highest BCUT2D eigenvalue weighted by Crippen LogP contribution is 2.39. The first-order valence-electron chi connectivity index (χ1n) is 7.70. The first kappa shape index (κ1) is 14.0. The zero-order chi connectivity index (χ0) is 15.1. The molecule has 116 valence electrons. The first-order valence-corrected chi connectivity index (χ1v) is 8.58. The summed E-state index contributed by atoms with van der Waals surface area (Å²) in [4.78, 5) is 13.3. The van der Waals surface area contributed by atoms with Crippen molar-refractivity contribution >= 4 is 28.9 Å². The summed E-state index contributed by atoms with van der Waals surface area (Å²) in [5.41, 5.74) is 7.54. The minimum atomic E-state index is 0.179. The quantitative estimate of drug-likeness (QED) is 0.663. The standard InChI is InChI=1S/C15H19N5OS/c16-15-18-13-12(14(19-15)22-11-2-1-3-11)17-8-20(13)10-5-4-9(6-10)7-21/h4-5,8-11,21H,1-3,6-7H2,(H2,16,18,19)/t9-,10+/m0/s1. The van der Waals surface area contributed by atoms with Crippen LogP contribution in [-0.2, 0) is 0 Å². The Bertz CT molecular complexity index is 724. The SMILES string of the molecule is Nc1nc(SC2CCC2)c2ncn([C@@H]3C=C[C@H](CO)C3)c2n1. The van der Waals surface area contributed by atoms with Gasteiger partial charge >= 0.3 is 0 Å². The van der Waals surface area contributed by atoms with Crippen LogP contribution in [0.1, 0.15) is 31.7 Å². The van der Waals surface area contributed by atoms with Gasteiger partial charge in [0.2, 0.25) is 5.95 Å². The zero-order valence-corrected chi connectivity index (χ0v) is 13.0. The third-order valence-electron chi connectivity index (χ3n) is 4.48. The van der Waals surface area contributed by atoms with Crippen LogP contribution < -0.4 is 5.73 Å². The Balaban J connectivity index is 1.70. The Hall–Kier alpha value is -1.60. The average Bonchev–Trinajstić information content (AvgIpc) is 3.08. The molecule has 0 aliphatic heterocycles.